The Morgan fingerprint density at radius 1 is 0.824 bits per heavy atom. The largest absolute Gasteiger partial charge is 0.484 e. The van der Waals surface area contributed by atoms with Gasteiger partial charge in [-0.15, -0.1) is 0 Å². The highest BCUT2D eigenvalue weighted by Gasteiger charge is 2.22. The third-order valence-corrected chi connectivity index (χ3v) is 5.65. The zero-order valence-corrected chi connectivity index (χ0v) is 19.5. The molecule has 1 aliphatic heterocycles. The summed E-state index contributed by atoms with van der Waals surface area (Å²) < 4.78 is 5.42. The second-order valence-corrected chi connectivity index (χ2v) is 8.20. The number of carbonyl (C=O) groups excluding carboxylic acids is 2. The summed E-state index contributed by atoms with van der Waals surface area (Å²) in [7, 11) is 0. The Labute approximate surface area is 204 Å². The Hall–Kier alpha value is -3.91. The van der Waals surface area contributed by atoms with Gasteiger partial charge in [-0.2, -0.15) is 0 Å². The van der Waals surface area contributed by atoms with E-state index in [9.17, 15) is 9.59 Å². The van der Waals surface area contributed by atoms with Crippen LogP contribution in [0.5, 0.6) is 5.75 Å². The molecule has 0 aromatic heterocycles. The average Bonchev–Trinajstić information content (AvgIpc) is 2.89. The molecule has 0 unspecified atom stereocenters. The molecule has 3 aromatic rings. The number of hydrogen-bond acceptors (Lipinski definition) is 5. The Morgan fingerprint density at radius 2 is 1.44 bits per heavy atom. The fraction of sp³-hybridized carbons (Fsp3) is 0.192. The van der Waals surface area contributed by atoms with E-state index in [1.807, 2.05) is 77.7 Å². The fourth-order valence-electron chi connectivity index (χ4n) is 3.68. The van der Waals surface area contributed by atoms with Crippen LogP contribution in [-0.2, 0) is 4.79 Å². The van der Waals surface area contributed by atoms with Gasteiger partial charge in [0.15, 0.2) is 11.7 Å². The van der Waals surface area contributed by atoms with Crippen LogP contribution in [0.3, 0.4) is 0 Å². The molecule has 7 nitrogen and oxygen atoms in total. The van der Waals surface area contributed by atoms with Crippen molar-refractivity contribution in [2.45, 2.75) is 0 Å². The van der Waals surface area contributed by atoms with Crippen LogP contribution in [0.25, 0.3) is 0 Å². The zero-order valence-electron chi connectivity index (χ0n) is 18.6. The van der Waals surface area contributed by atoms with E-state index < -0.39 is 0 Å². The summed E-state index contributed by atoms with van der Waals surface area (Å²) in [6.07, 6.45) is 0. The van der Waals surface area contributed by atoms with E-state index in [1.165, 1.54) is 0 Å². The number of ether oxygens (including phenoxy) is 1. The number of thiocarbonyl (C=S) groups is 1. The number of nitrogens with one attached hydrogen (secondary N) is 2. The lowest BCUT2D eigenvalue weighted by molar-refractivity contribution is -0.121. The van der Waals surface area contributed by atoms with Gasteiger partial charge in [-0.25, -0.2) is 0 Å². The number of piperazine rings is 1. The van der Waals surface area contributed by atoms with Gasteiger partial charge in [0.05, 0.1) is 0 Å². The van der Waals surface area contributed by atoms with Crippen molar-refractivity contribution in [3.05, 3.63) is 90.5 Å². The lowest BCUT2D eigenvalue weighted by atomic mass is 10.1. The standard InChI is InChI=1S/C26H26N4O3S/c31-24(19-33-23-9-5-2-6-10-23)28-26(34)27-21-11-13-22(14-12-21)29-15-17-30(18-16-29)25(32)20-7-3-1-4-8-20/h1-14H,15-19H2,(H2,27,28,31,34). The van der Waals surface area contributed by atoms with Gasteiger partial charge in [-0.1, -0.05) is 36.4 Å². The van der Waals surface area contributed by atoms with Gasteiger partial charge >= 0.3 is 0 Å². The number of anilines is 2. The summed E-state index contributed by atoms with van der Waals surface area (Å²) in [5.41, 5.74) is 2.57. The molecule has 3 aromatic carbocycles. The van der Waals surface area contributed by atoms with Gasteiger partial charge in [0.1, 0.15) is 5.75 Å². The number of rotatable bonds is 6. The maximum atomic E-state index is 12.6. The second kappa shape index (κ2) is 11.3. The lowest BCUT2D eigenvalue weighted by Gasteiger charge is -2.36. The summed E-state index contributed by atoms with van der Waals surface area (Å²) in [5, 5.41) is 5.84. The maximum Gasteiger partial charge on any atom is 0.264 e. The van der Waals surface area contributed by atoms with E-state index >= 15 is 0 Å². The fourth-order valence-corrected chi connectivity index (χ4v) is 3.91. The lowest BCUT2D eigenvalue weighted by Crippen LogP contribution is -2.48. The first kappa shape index (κ1) is 23.3. The van der Waals surface area contributed by atoms with E-state index in [0.717, 1.165) is 30.0 Å². The molecular formula is C26H26N4O3S. The second-order valence-electron chi connectivity index (χ2n) is 7.80. The van der Waals surface area contributed by atoms with Gasteiger partial charge in [-0.05, 0) is 60.7 Å². The number of amides is 2. The SMILES string of the molecule is O=C(COc1ccccc1)NC(=S)Nc1ccc(N2CCN(C(=O)c3ccccc3)CC2)cc1. The van der Waals surface area contributed by atoms with E-state index in [1.54, 1.807) is 12.1 Å². The van der Waals surface area contributed by atoms with Gasteiger partial charge in [-0.3, -0.25) is 14.9 Å². The smallest absolute Gasteiger partial charge is 0.264 e. The minimum Gasteiger partial charge on any atom is -0.484 e. The van der Waals surface area contributed by atoms with E-state index in [-0.39, 0.29) is 23.5 Å². The highest BCUT2D eigenvalue weighted by atomic mass is 32.1. The average molecular weight is 475 g/mol. The molecule has 1 saturated heterocycles. The Balaban J connectivity index is 1.22. The van der Waals surface area contributed by atoms with Crippen LogP contribution in [-0.4, -0.2) is 54.6 Å². The number of carbonyl (C=O) groups is 2. The molecule has 2 amide bonds. The molecule has 2 N–H and O–H groups in total. The molecule has 4 rings (SSSR count). The van der Waals surface area contributed by atoms with Crippen LogP contribution in [0.2, 0.25) is 0 Å². The minimum absolute atomic E-state index is 0.0736. The Bertz CT molecular complexity index is 1120. The molecular weight excluding hydrogens is 448 g/mol. The van der Waals surface area contributed by atoms with Crippen LogP contribution >= 0.6 is 12.2 Å². The summed E-state index contributed by atoms with van der Waals surface area (Å²) in [5.74, 6) is 0.364. The summed E-state index contributed by atoms with van der Waals surface area (Å²) >= 11 is 5.23. The highest BCUT2D eigenvalue weighted by molar-refractivity contribution is 7.80. The molecule has 8 heteroatoms. The Morgan fingerprint density at radius 3 is 2.09 bits per heavy atom. The number of hydrogen-bond donors (Lipinski definition) is 2. The van der Waals surface area contributed by atoms with Crippen molar-refractivity contribution in [2.24, 2.45) is 0 Å². The van der Waals surface area contributed by atoms with Crippen LogP contribution < -0.4 is 20.3 Å². The van der Waals surface area contributed by atoms with Crippen molar-refractivity contribution < 1.29 is 14.3 Å². The van der Waals surface area contributed by atoms with Crippen molar-refractivity contribution in [2.75, 3.05) is 43.0 Å². The summed E-state index contributed by atoms with van der Waals surface area (Å²) in [6, 6.07) is 26.3. The van der Waals surface area contributed by atoms with Crippen molar-refractivity contribution in [3.8, 4) is 5.75 Å². The first-order valence-corrected chi connectivity index (χ1v) is 11.5. The van der Waals surface area contributed by atoms with Crippen molar-refractivity contribution in [1.29, 1.82) is 0 Å². The van der Waals surface area contributed by atoms with Crippen molar-refractivity contribution in [3.63, 3.8) is 0 Å². The predicted molar refractivity (Wildman–Crippen MR) is 137 cm³/mol. The molecule has 0 bridgehead atoms. The quantitative estimate of drug-likeness (QED) is 0.533. The zero-order chi connectivity index (χ0) is 23.8. The van der Waals surface area contributed by atoms with E-state index in [0.29, 0.717) is 18.8 Å². The number of benzene rings is 3. The number of nitrogens with zero attached hydrogens (tertiary/aromatic N) is 2. The van der Waals surface area contributed by atoms with Gasteiger partial charge in [0.2, 0.25) is 0 Å². The molecule has 1 heterocycles. The molecule has 0 radical (unpaired) electrons. The van der Waals surface area contributed by atoms with Gasteiger partial charge < -0.3 is 19.9 Å². The summed E-state index contributed by atoms with van der Waals surface area (Å²) in [6.45, 7) is 2.76. The molecule has 34 heavy (non-hydrogen) atoms. The summed E-state index contributed by atoms with van der Waals surface area (Å²) in [4.78, 5) is 28.8. The molecule has 0 atom stereocenters. The molecule has 174 valence electrons. The Kier molecular flexibility index (Phi) is 7.72. The van der Waals surface area contributed by atoms with Gasteiger partial charge in [0.25, 0.3) is 11.8 Å². The van der Waals surface area contributed by atoms with Crippen LogP contribution in [0.4, 0.5) is 11.4 Å². The molecule has 0 spiro atoms. The molecule has 0 saturated carbocycles. The third-order valence-electron chi connectivity index (χ3n) is 5.44. The number of para-hydroxylation sites is 1. The minimum atomic E-state index is -0.333. The van der Waals surface area contributed by atoms with Crippen LogP contribution in [0, 0.1) is 0 Å². The van der Waals surface area contributed by atoms with Gasteiger partial charge in [0, 0.05) is 43.1 Å². The first-order valence-electron chi connectivity index (χ1n) is 11.1. The van der Waals surface area contributed by atoms with Crippen LogP contribution in [0.15, 0.2) is 84.9 Å². The van der Waals surface area contributed by atoms with Crippen molar-refractivity contribution >= 4 is 40.5 Å². The molecule has 0 aliphatic carbocycles. The predicted octanol–water partition coefficient (Wildman–Crippen LogP) is 3.54. The van der Waals surface area contributed by atoms with Crippen LogP contribution in [0.1, 0.15) is 10.4 Å². The third kappa shape index (κ3) is 6.32. The van der Waals surface area contributed by atoms with E-state index in [2.05, 4.69) is 15.5 Å². The maximum absolute atomic E-state index is 12.6. The van der Waals surface area contributed by atoms with E-state index in [4.69, 9.17) is 17.0 Å². The topological polar surface area (TPSA) is 73.9 Å². The monoisotopic (exact) mass is 474 g/mol. The first-order chi connectivity index (χ1) is 16.6. The normalized spacial score (nSPS) is 13.2. The highest BCUT2D eigenvalue weighted by Crippen LogP contribution is 2.20. The van der Waals surface area contributed by atoms with Crippen molar-refractivity contribution in [1.82, 2.24) is 10.2 Å². The molecule has 1 fully saturated rings. The molecule has 1 aliphatic rings.